The second kappa shape index (κ2) is 6.49. The van der Waals surface area contributed by atoms with E-state index >= 15 is 0 Å². The molecular weight excluding hydrogens is 258 g/mol. The van der Waals surface area contributed by atoms with Gasteiger partial charge in [-0.05, 0) is 20.8 Å². The number of nitrogens with one attached hydrogen (secondary N) is 3. The molecule has 0 saturated heterocycles. The summed E-state index contributed by atoms with van der Waals surface area (Å²) < 4.78 is 0. The zero-order valence-corrected chi connectivity index (χ0v) is 12.7. The first-order valence-corrected chi connectivity index (χ1v) is 6.70. The van der Waals surface area contributed by atoms with E-state index in [0.29, 0.717) is 5.82 Å². The summed E-state index contributed by atoms with van der Waals surface area (Å²) in [6.45, 7) is 9.89. The van der Waals surface area contributed by atoms with Crippen LogP contribution in [0.5, 0.6) is 0 Å². The quantitative estimate of drug-likeness (QED) is 0.748. The van der Waals surface area contributed by atoms with Crippen LogP contribution in [0.25, 0.3) is 0 Å². The molecule has 0 atom stereocenters. The van der Waals surface area contributed by atoms with Crippen LogP contribution in [0.2, 0.25) is 0 Å². The van der Waals surface area contributed by atoms with Crippen molar-refractivity contribution in [2.75, 3.05) is 6.54 Å². The van der Waals surface area contributed by atoms with Gasteiger partial charge in [0.15, 0.2) is 0 Å². The number of carbonyl (C=O) groups is 2. The number of hydrogen-bond donors (Lipinski definition) is 3. The molecule has 0 aliphatic heterocycles. The minimum Gasteiger partial charge on any atom is -0.351 e. The first kappa shape index (κ1) is 16.1. The van der Waals surface area contributed by atoms with E-state index in [4.69, 9.17) is 0 Å². The van der Waals surface area contributed by atoms with Crippen molar-refractivity contribution in [3.05, 3.63) is 11.6 Å². The molecule has 1 aromatic heterocycles. The maximum Gasteiger partial charge on any atom is 0.290 e. The number of aromatic nitrogens is 3. The van der Waals surface area contributed by atoms with E-state index < -0.39 is 0 Å². The van der Waals surface area contributed by atoms with E-state index in [1.165, 1.54) is 0 Å². The van der Waals surface area contributed by atoms with Gasteiger partial charge in [-0.25, -0.2) is 4.98 Å². The Hall–Kier alpha value is -1.92. The molecule has 20 heavy (non-hydrogen) atoms. The van der Waals surface area contributed by atoms with E-state index in [1.807, 2.05) is 34.6 Å². The second-order valence-electron chi connectivity index (χ2n) is 6.00. The molecule has 0 spiro atoms. The van der Waals surface area contributed by atoms with Crippen LogP contribution in [-0.2, 0) is 4.79 Å². The summed E-state index contributed by atoms with van der Waals surface area (Å²) in [5.74, 6) is 0.472. The first-order valence-electron chi connectivity index (χ1n) is 6.70. The second-order valence-corrected chi connectivity index (χ2v) is 6.00. The number of aromatic amines is 1. The summed E-state index contributed by atoms with van der Waals surface area (Å²) >= 11 is 0. The van der Waals surface area contributed by atoms with Crippen molar-refractivity contribution in [3.63, 3.8) is 0 Å². The summed E-state index contributed by atoms with van der Waals surface area (Å²) in [6.07, 6.45) is 0.227. The Morgan fingerprint density at radius 3 is 2.45 bits per heavy atom. The van der Waals surface area contributed by atoms with Crippen molar-refractivity contribution >= 4 is 11.8 Å². The number of carbonyl (C=O) groups excluding carboxylic acids is 2. The summed E-state index contributed by atoms with van der Waals surface area (Å²) in [5, 5.41) is 12.0. The predicted molar refractivity (Wildman–Crippen MR) is 75.3 cm³/mol. The third-order valence-corrected chi connectivity index (χ3v) is 2.40. The maximum absolute atomic E-state index is 11.8. The molecular formula is C13H23N5O2. The lowest BCUT2D eigenvalue weighted by Crippen LogP contribution is -2.42. The molecule has 7 nitrogen and oxygen atoms in total. The van der Waals surface area contributed by atoms with E-state index in [2.05, 4.69) is 25.8 Å². The number of nitrogens with zero attached hydrogens (tertiary/aromatic N) is 2. The van der Waals surface area contributed by atoms with E-state index in [1.54, 1.807) is 0 Å². The van der Waals surface area contributed by atoms with Crippen LogP contribution in [0.1, 0.15) is 63.4 Å². The Bertz CT molecular complexity index is 473. The Morgan fingerprint density at radius 1 is 1.30 bits per heavy atom. The number of rotatable bonds is 5. The largest absolute Gasteiger partial charge is 0.351 e. The van der Waals surface area contributed by atoms with Gasteiger partial charge >= 0.3 is 0 Å². The summed E-state index contributed by atoms with van der Waals surface area (Å²) in [6, 6.07) is 0. The molecule has 3 N–H and O–H groups in total. The van der Waals surface area contributed by atoms with E-state index in [0.717, 1.165) is 0 Å². The van der Waals surface area contributed by atoms with Crippen LogP contribution in [0.15, 0.2) is 0 Å². The average molecular weight is 281 g/mol. The Kier molecular flexibility index (Phi) is 5.24. The highest BCUT2D eigenvalue weighted by Crippen LogP contribution is 2.07. The van der Waals surface area contributed by atoms with Crippen LogP contribution in [-0.4, -0.2) is 39.1 Å². The van der Waals surface area contributed by atoms with Gasteiger partial charge in [-0.15, -0.1) is 5.10 Å². The van der Waals surface area contributed by atoms with E-state index in [-0.39, 0.29) is 42.1 Å². The molecule has 1 rings (SSSR count). The lowest BCUT2D eigenvalue weighted by Gasteiger charge is -2.20. The normalized spacial score (nSPS) is 11.5. The molecule has 0 unspecified atom stereocenters. The van der Waals surface area contributed by atoms with Gasteiger partial charge in [-0.3, -0.25) is 14.7 Å². The molecule has 0 bridgehead atoms. The highest BCUT2D eigenvalue weighted by atomic mass is 16.2. The lowest BCUT2D eigenvalue weighted by molar-refractivity contribution is -0.122. The molecule has 0 aromatic carbocycles. The van der Waals surface area contributed by atoms with Gasteiger partial charge in [0.2, 0.25) is 11.7 Å². The molecule has 1 aromatic rings. The van der Waals surface area contributed by atoms with Crippen LogP contribution in [0.4, 0.5) is 0 Å². The molecule has 7 heteroatoms. The van der Waals surface area contributed by atoms with Gasteiger partial charge in [0, 0.05) is 24.4 Å². The Labute approximate surface area is 118 Å². The highest BCUT2D eigenvalue weighted by Gasteiger charge is 2.16. The topological polar surface area (TPSA) is 99.8 Å². The zero-order chi connectivity index (χ0) is 15.3. The van der Waals surface area contributed by atoms with Gasteiger partial charge in [0.1, 0.15) is 5.82 Å². The summed E-state index contributed by atoms with van der Waals surface area (Å²) in [7, 11) is 0. The summed E-state index contributed by atoms with van der Waals surface area (Å²) in [4.78, 5) is 27.4. The monoisotopic (exact) mass is 281 g/mol. The third kappa shape index (κ3) is 5.38. The number of amides is 2. The smallest absolute Gasteiger partial charge is 0.290 e. The molecule has 0 aliphatic rings. The van der Waals surface area contributed by atoms with Crippen LogP contribution >= 0.6 is 0 Å². The highest BCUT2D eigenvalue weighted by molar-refractivity contribution is 5.90. The van der Waals surface area contributed by atoms with Crippen molar-refractivity contribution < 1.29 is 9.59 Å². The first-order chi connectivity index (χ1) is 9.19. The maximum atomic E-state index is 11.8. The molecule has 0 fully saturated rings. The van der Waals surface area contributed by atoms with Crippen molar-refractivity contribution in [3.8, 4) is 0 Å². The van der Waals surface area contributed by atoms with Crippen LogP contribution in [0.3, 0.4) is 0 Å². The molecule has 0 radical (unpaired) electrons. The van der Waals surface area contributed by atoms with Gasteiger partial charge in [-0.2, -0.15) is 0 Å². The van der Waals surface area contributed by atoms with Crippen molar-refractivity contribution in [1.29, 1.82) is 0 Å². The molecule has 0 aliphatic carbocycles. The van der Waals surface area contributed by atoms with Crippen molar-refractivity contribution in [1.82, 2.24) is 25.8 Å². The number of H-pyrrole nitrogens is 1. The van der Waals surface area contributed by atoms with E-state index in [9.17, 15) is 9.59 Å². The van der Waals surface area contributed by atoms with Gasteiger partial charge in [0.25, 0.3) is 5.91 Å². The predicted octanol–water partition coefficient (Wildman–Crippen LogP) is 0.963. The standard InChI is InChI=1S/C13H23N5O2/c1-8(2)10-15-11(18-17-10)12(20)14-7-6-9(19)16-13(3,4)5/h8H,6-7H2,1-5H3,(H,14,20)(H,16,19)(H,15,17,18). The molecule has 1 heterocycles. The van der Waals surface area contributed by atoms with Crippen LogP contribution in [0, 0.1) is 0 Å². The minimum atomic E-state index is -0.378. The zero-order valence-electron chi connectivity index (χ0n) is 12.7. The fraction of sp³-hybridized carbons (Fsp3) is 0.692. The molecule has 0 saturated carbocycles. The third-order valence-electron chi connectivity index (χ3n) is 2.40. The van der Waals surface area contributed by atoms with Crippen LogP contribution < -0.4 is 10.6 Å². The molecule has 112 valence electrons. The fourth-order valence-corrected chi connectivity index (χ4v) is 1.48. The Morgan fingerprint density at radius 2 is 1.95 bits per heavy atom. The molecule has 2 amide bonds. The SMILES string of the molecule is CC(C)c1nc(C(=O)NCCC(=O)NC(C)(C)C)n[nH]1. The van der Waals surface area contributed by atoms with Crippen molar-refractivity contribution in [2.24, 2.45) is 0 Å². The van der Waals surface area contributed by atoms with Crippen molar-refractivity contribution in [2.45, 2.75) is 52.5 Å². The number of hydrogen-bond acceptors (Lipinski definition) is 4. The summed E-state index contributed by atoms with van der Waals surface area (Å²) in [5.41, 5.74) is -0.267. The minimum absolute atomic E-state index is 0.101. The lowest BCUT2D eigenvalue weighted by atomic mass is 10.1. The van der Waals surface area contributed by atoms with Gasteiger partial charge < -0.3 is 10.6 Å². The fourth-order valence-electron chi connectivity index (χ4n) is 1.48. The Balaban J connectivity index is 2.38. The average Bonchev–Trinajstić information content (AvgIpc) is 2.75. The van der Waals surface area contributed by atoms with Gasteiger partial charge in [-0.1, -0.05) is 13.8 Å². The van der Waals surface area contributed by atoms with Gasteiger partial charge in [0.05, 0.1) is 0 Å².